The molecule has 0 radical (unpaired) electrons. The van der Waals surface area contributed by atoms with Gasteiger partial charge in [0.15, 0.2) is 0 Å². The minimum Gasteiger partial charge on any atom is -0.350 e. The van der Waals surface area contributed by atoms with Crippen molar-refractivity contribution in [3.8, 4) is 5.69 Å². The van der Waals surface area contributed by atoms with Gasteiger partial charge in [-0.25, -0.2) is 13.4 Å². The molecule has 180 valence electrons. The van der Waals surface area contributed by atoms with E-state index in [1.807, 2.05) is 48.9 Å². The molecule has 0 aliphatic heterocycles. The Morgan fingerprint density at radius 2 is 1.74 bits per heavy atom. The SMILES string of the molecule is Cc1ccc(N(CC(=O)NCc2ccccc2-n2ccnc2C)S(=O)(=O)c2ccccc2)cc1Cl. The van der Waals surface area contributed by atoms with Crippen molar-refractivity contribution in [2.45, 2.75) is 25.3 Å². The summed E-state index contributed by atoms with van der Waals surface area (Å²) in [7, 11) is -4.01. The number of amides is 1. The molecule has 3 aromatic carbocycles. The van der Waals surface area contributed by atoms with E-state index in [0.717, 1.165) is 26.9 Å². The van der Waals surface area contributed by atoms with Crippen LogP contribution in [0.2, 0.25) is 5.02 Å². The normalized spacial score (nSPS) is 11.3. The van der Waals surface area contributed by atoms with Crippen LogP contribution >= 0.6 is 11.6 Å². The van der Waals surface area contributed by atoms with Crippen molar-refractivity contribution in [1.82, 2.24) is 14.9 Å². The van der Waals surface area contributed by atoms with Crippen LogP contribution in [0.4, 0.5) is 5.69 Å². The third-order valence-electron chi connectivity index (χ3n) is 5.61. The van der Waals surface area contributed by atoms with Crippen LogP contribution in [-0.2, 0) is 21.4 Å². The highest BCUT2D eigenvalue weighted by Crippen LogP contribution is 2.28. The Labute approximate surface area is 210 Å². The summed E-state index contributed by atoms with van der Waals surface area (Å²) < 4.78 is 30.0. The molecule has 0 fully saturated rings. The number of carbonyl (C=O) groups is 1. The molecule has 0 atom stereocenters. The fourth-order valence-electron chi connectivity index (χ4n) is 3.68. The average molecular weight is 509 g/mol. The van der Waals surface area contributed by atoms with E-state index >= 15 is 0 Å². The molecule has 0 saturated carbocycles. The van der Waals surface area contributed by atoms with Gasteiger partial charge in [0.25, 0.3) is 10.0 Å². The molecule has 0 aliphatic carbocycles. The number of anilines is 1. The maximum absolute atomic E-state index is 13.5. The van der Waals surface area contributed by atoms with Gasteiger partial charge >= 0.3 is 0 Å². The molecule has 7 nitrogen and oxygen atoms in total. The van der Waals surface area contributed by atoms with E-state index < -0.39 is 22.5 Å². The number of sulfonamides is 1. The van der Waals surface area contributed by atoms with Crippen molar-refractivity contribution in [3.63, 3.8) is 0 Å². The summed E-state index contributed by atoms with van der Waals surface area (Å²) in [5.74, 6) is 0.374. The topological polar surface area (TPSA) is 84.3 Å². The largest absolute Gasteiger partial charge is 0.350 e. The highest BCUT2D eigenvalue weighted by atomic mass is 35.5. The number of hydrogen-bond acceptors (Lipinski definition) is 4. The molecule has 1 N–H and O–H groups in total. The summed E-state index contributed by atoms with van der Waals surface area (Å²) in [6, 6.07) is 20.6. The molecule has 1 aromatic heterocycles. The number of benzene rings is 3. The standard InChI is InChI=1S/C26H25ClN4O3S/c1-19-12-13-22(16-24(19)27)31(35(33,34)23-9-4-3-5-10-23)18-26(32)29-17-21-8-6-7-11-25(21)30-15-14-28-20(30)2/h3-16H,17-18H2,1-2H3,(H,29,32). The van der Waals surface area contributed by atoms with Crippen molar-refractivity contribution < 1.29 is 13.2 Å². The molecule has 35 heavy (non-hydrogen) atoms. The first kappa shape index (κ1) is 24.5. The number of rotatable bonds is 8. The first-order valence-electron chi connectivity index (χ1n) is 11.0. The van der Waals surface area contributed by atoms with Crippen LogP contribution in [0.25, 0.3) is 5.69 Å². The van der Waals surface area contributed by atoms with Gasteiger partial charge in [-0.05, 0) is 55.3 Å². The van der Waals surface area contributed by atoms with Crippen LogP contribution in [-0.4, -0.2) is 30.4 Å². The highest BCUT2D eigenvalue weighted by molar-refractivity contribution is 7.92. The Morgan fingerprint density at radius 1 is 1.03 bits per heavy atom. The minimum absolute atomic E-state index is 0.0884. The van der Waals surface area contributed by atoms with Crippen LogP contribution in [0.15, 0.2) is 90.1 Å². The molecule has 4 rings (SSSR count). The zero-order chi connectivity index (χ0) is 25.0. The molecule has 0 aliphatic rings. The summed E-state index contributed by atoms with van der Waals surface area (Å²) in [5.41, 5.74) is 2.89. The van der Waals surface area contributed by atoms with Gasteiger partial charge in [0.1, 0.15) is 12.4 Å². The summed E-state index contributed by atoms with van der Waals surface area (Å²) in [6.07, 6.45) is 3.56. The van der Waals surface area contributed by atoms with Crippen molar-refractivity contribution in [3.05, 3.63) is 107 Å². The van der Waals surface area contributed by atoms with Gasteiger partial charge in [0.05, 0.1) is 16.3 Å². The molecule has 9 heteroatoms. The van der Waals surface area contributed by atoms with E-state index in [-0.39, 0.29) is 11.4 Å². The number of aromatic nitrogens is 2. The first-order chi connectivity index (χ1) is 16.8. The minimum atomic E-state index is -4.01. The molecule has 4 aromatic rings. The Balaban J connectivity index is 1.59. The van der Waals surface area contributed by atoms with E-state index in [2.05, 4.69) is 10.3 Å². The quantitative estimate of drug-likeness (QED) is 0.375. The van der Waals surface area contributed by atoms with E-state index in [1.165, 1.54) is 12.1 Å². The van der Waals surface area contributed by atoms with E-state index in [4.69, 9.17) is 11.6 Å². The number of aryl methyl sites for hydroxylation is 2. The van der Waals surface area contributed by atoms with Crippen LogP contribution < -0.4 is 9.62 Å². The molecular formula is C26H25ClN4O3S. The van der Waals surface area contributed by atoms with E-state index in [1.54, 1.807) is 42.6 Å². The second-order valence-corrected chi connectivity index (χ2v) is 10.3. The summed E-state index contributed by atoms with van der Waals surface area (Å²) in [6.45, 7) is 3.55. The molecule has 0 bridgehead atoms. The van der Waals surface area contributed by atoms with Crippen LogP contribution in [0, 0.1) is 13.8 Å². The third kappa shape index (κ3) is 5.39. The van der Waals surface area contributed by atoms with Crippen molar-refractivity contribution >= 4 is 33.2 Å². The lowest BCUT2D eigenvalue weighted by atomic mass is 10.1. The Bertz CT molecular complexity index is 1450. The molecule has 0 spiro atoms. The maximum atomic E-state index is 13.5. The predicted octanol–water partition coefficient (Wildman–Crippen LogP) is 4.65. The average Bonchev–Trinajstić information content (AvgIpc) is 3.29. The molecule has 0 saturated heterocycles. The number of nitrogens with zero attached hydrogens (tertiary/aromatic N) is 3. The maximum Gasteiger partial charge on any atom is 0.264 e. The van der Waals surface area contributed by atoms with Crippen LogP contribution in [0.1, 0.15) is 17.0 Å². The zero-order valence-electron chi connectivity index (χ0n) is 19.3. The summed E-state index contributed by atoms with van der Waals surface area (Å²) in [5, 5.41) is 3.28. The number of carbonyl (C=O) groups excluding carboxylic acids is 1. The lowest BCUT2D eigenvalue weighted by molar-refractivity contribution is -0.119. The number of nitrogens with one attached hydrogen (secondary N) is 1. The van der Waals surface area contributed by atoms with Crippen molar-refractivity contribution in [2.24, 2.45) is 0 Å². The van der Waals surface area contributed by atoms with Crippen LogP contribution in [0.5, 0.6) is 0 Å². The van der Waals surface area contributed by atoms with Crippen molar-refractivity contribution in [1.29, 1.82) is 0 Å². The Hall–Kier alpha value is -3.62. The van der Waals surface area contributed by atoms with Gasteiger partial charge < -0.3 is 9.88 Å². The highest BCUT2D eigenvalue weighted by Gasteiger charge is 2.27. The summed E-state index contributed by atoms with van der Waals surface area (Å²) >= 11 is 6.28. The number of halogens is 1. The second kappa shape index (κ2) is 10.3. The summed E-state index contributed by atoms with van der Waals surface area (Å²) in [4.78, 5) is 17.4. The monoisotopic (exact) mass is 508 g/mol. The van der Waals surface area contributed by atoms with E-state index in [9.17, 15) is 13.2 Å². The van der Waals surface area contributed by atoms with Gasteiger partial charge in [-0.1, -0.05) is 54.1 Å². The van der Waals surface area contributed by atoms with Gasteiger partial charge in [0.2, 0.25) is 5.91 Å². The van der Waals surface area contributed by atoms with Gasteiger partial charge in [0, 0.05) is 24.0 Å². The third-order valence-corrected chi connectivity index (χ3v) is 7.81. The van der Waals surface area contributed by atoms with Crippen LogP contribution in [0.3, 0.4) is 0 Å². The molecule has 0 unspecified atom stereocenters. The molecular weight excluding hydrogens is 484 g/mol. The van der Waals surface area contributed by atoms with E-state index in [0.29, 0.717) is 10.7 Å². The predicted molar refractivity (Wildman–Crippen MR) is 137 cm³/mol. The molecule has 1 heterocycles. The lowest BCUT2D eigenvalue weighted by Gasteiger charge is -2.24. The number of hydrogen-bond donors (Lipinski definition) is 1. The second-order valence-electron chi connectivity index (χ2n) is 8.01. The Kier molecular flexibility index (Phi) is 7.23. The lowest BCUT2D eigenvalue weighted by Crippen LogP contribution is -2.40. The number of imidazole rings is 1. The molecule has 1 amide bonds. The van der Waals surface area contributed by atoms with Gasteiger partial charge in [-0.2, -0.15) is 0 Å². The fourth-order valence-corrected chi connectivity index (χ4v) is 5.29. The first-order valence-corrected chi connectivity index (χ1v) is 12.8. The number of para-hydroxylation sites is 1. The van der Waals surface area contributed by atoms with Gasteiger partial charge in [-0.15, -0.1) is 0 Å². The van der Waals surface area contributed by atoms with Crippen molar-refractivity contribution in [2.75, 3.05) is 10.8 Å². The Morgan fingerprint density at radius 3 is 2.43 bits per heavy atom. The van der Waals surface area contributed by atoms with Gasteiger partial charge in [-0.3, -0.25) is 9.10 Å². The smallest absolute Gasteiger partial charge is 0.264 e. The zero-order valence-corrected chi connectivity index (χ0v) is 20.9. The fraction of sp³-hybridized carbons (Fsp3) is 0.154.